The molecule has 2 aromatic rings. The van der Waals surface area contributed by atoms with E-state index in [1.54, 1.807) is 6.33 Å². The lowest BCUT2D eigenvalue weighted by Gasteiger charge is -2.31. The lowest BCUT2D eigenvalue weighted by molar-refractivity contribution is 0.0874. The molecule has 1 aromatic carbocycles. The average Bonchev–Trinajstić information content (AvgIpc) is 2.48. The van der Waals surface area contributed by atoms with E-state index in [9.17, 15) is 0 Å². The number of nitrogens with zero attached hydrogens (tertiary/aromatic N) is 2. The third-order valence-electron chi connectivity index (χ3n) is 4.25. The Morgan fingerprint density at radius 3 is 2.95 bits per heavy atom. The Hall–Kier alpha value is -1.84. The molecule has 2 N–H and O–H groups in total. The molecule has 0 saturated heterocycles. The van der Waals surface area contributed by atoms with Crippen molar-refractivity contribution in [2.75, 3.05) is 5.73 Å². The predicted octanol–water partition coefficient (Wildman–Crippen LogP) is 3.56. The maximum Gasteiger partial charge on any atom is 0.224 e. The van der Waals surface area contributed by atoms with Crippen LogP contribution in [0.3, 0.4) is 0 Å². The number of fused-ring (bicyclic) bond motifs is 1. The van der Waals surface area contributed by atoms with Crippen molar-refractivity contribution < 1.29 is 4.74 Å². The Labute approximate surface area is 119 Å². The Balaban J connectivity index is 1.91. The van der Waals surface area contributed by atoms with Crippen molar-refractivity contribution in [1.29, 1.82) is 0 Å². The van der Waals surface area contributed by atoms with Crippen LogP contribution in [0.1, 0.15) is 39.0 Å². The zero-order chi connectivity index (χ0) is 13.9. The molecular formula is C16H21N3O. The highest BCUT2D eigenvalue weighted by Crippen LogP contribution is 2.32. The van der Waals surface area contributed by atoms with E-state index in [-0.39, 0.29) is 6.10 Å². The minimum Gasteiger partial charge on any atom is -0.474 e. The highest BCUT2D eigenvalue weighted by molar-refractivity contribution is 5.86. The quantitative estimate of drug-likeness (QED) is 0.867. The minimum absolute atomic E-state index is 0.272. The van der Waals surface area contributed by atoms with Gasteiger partial charge in [-0.1, -0.05) is 13.3 Å². The van der Waals surface area contributed by atoms with Gasteiger partial charge in [-0.3, -0.25) is 0 Å². The Kier molecular flexibility index (Phi) is 3.72. The normalized spacial score (nSPS) is 22.9. The number of hydrogen-bond acceptors (Lipinski definition) is 4. The molecule has 20 heavy (non-hydrogen) atoms. The van der Waals surface area contributed by atoms with Crippen molar-refractivity contribution >= 4 is 16.6 Å². The van der Waals surface area contributed by atoms with E-state index in [1.165, 1.54) is 19.3 Å². The monoisotopic (exact) mass is 271 g/mol. The second-order valence-corrected chi connectivity index (χ2v) is 5.56. The van der Waals surface area contributed by atoms with Crippen LogP contribution in [0.2, 0.25) is 0 Å². The Morgan fingerprint density at radius 1 is 1.25 bits per heavy atom. The highest BCUT2D eigenvalue weighted by atomic mass is 16.5. The van der Waals surface area contributed by atoms with Crippen LogP contribution in [0.4, 0.5) is 5.69 Å². The summed E-state index contributed by atoms with van der Waals surface area (Å²) in [5, 5.41) is 0.910. The SMILES string of the molecule is CCC1CCCCC1Oc1ncnc2ccc(N)cc12. The molecular weight excluding hydrogens is 250 g/mol. The van der Waals surface area contributed by atoms with Crippen molar-refractivity contribution in [2.24, 2.45) is 5.92 Å². The topological polar surface area (TPSA) is 61.0 Å². The summed E-state index contributed by atoms with van der Waals surface area (Å²) in [6.45, 7) is 2.24. The first-order valence-corrected chi connectivity index (χ1v) is 7.45. The van der Waals surface area contributed by atoms with E-state index in [4.69, 9.17) is 10.5 Å². The van der Waals surface area contributed by atoms with Crippen LogP contribution in [0.5, 0.6) is 5.88 Å². The van der Waals surface area contributed by atoms with Crippen LogP contribution < -0.4 is 10.5 Å². The van der Waals surface area contributed by atoms with E-state index in [0.717, 1.165) is 23.7 Å². The first-order chi connectivity index (χ1) is 9.78. The maximum absolute atomic E-state index is 6.22. The molecule has 0 spiro atoms. The molecule has 1 fully saturated rings. The lowest BCUT2D eigenvalue weighted by Crippen LogP contribution is -2.30. The predicted molar refractivity (Wildman–Crippen MR) is 80.6 cm³/mol. The van der Waals surface area contributed by atoms with Crippen molar-refractivity contribution in [3.05, 3.63) is 24.5 Å². The number of nitrogen functional groups attached to an aromatic ring is 1. The molecule has 106 valence electrons. The third-order valence-corrected chi connectivity index (χ3v) is 4.25. The van der Waals surface area contributed by atoms with Crippen LogP contribution >= 0.6 is 0 Å². The van der Waals surface area contributed by atoms with Crippen molar-refractivity contribution in [1.82, 2.24) is 9.97 Å². The molecule has 3 rings (SSSR count). The number of anilines is 1. The molecule has 0 radical (unpaired) electrons. The fourth-order valence-electron chi connectivity index (χ4n) is 3.08. The number of aromatic nitrogens is 2. The van der Waals surface area contributed by atoms with Gasteiger partial charge in [0.05, 0.1) is 10.9 Å². The van der Waals surface area contributed by atoms with Crippen LogP contribution in [0.15, 0.2) is 24.5 Å². The fraction of sp³-hybridized carbons (Fsp3) is 0.500. The molecule has 1 heterocycles. The summed E-state index contributed by atoms with van der Waals surface area (Å²) in [7, 11) is 0. The highest BCUT2D eigenvalue weighted by Gasteiger charge is 2.26. The summed E-state index contributed by atoms with van der Waals surface area (Å²) in [5.74, 6) is 1.31. The Morgan fingerprint density at radius 2 is 2.10 bits per heavy atom. The van der Waals surface area contributed by atoms with Gasteiger partial charge in [0.25, 0.3) is 0 Å². The largest absolute Gasteiger partial charge is 0.474 e. The molecule has 1 aromatic heterocycles. The standard InChI is InChI=1S/C16H21N3O/c1-2-11-5-3-4-6-15(11)20-16-13-9-12(17)7-8-14(13)18-10-19-16/h7-11,15H,2-6,17H2,1H3. The van der Waals surface area contributed by atoms with Gasteiger partial charge in [-0.25, -0.2) is 9.97 Å². The first kappa shape index (κ1) is 13.2. The van der Waals surface area contributed by atoms with E-state index in [0.29, 0.717) is 17.5 Å². The molecule has 1 saturated carbocycles. The Bertz CT molecular complexity index is 599. The fourth-order valence-corrected chi connectivity index (χ4v) is 3.08. The lowest BCUT2D eigenvalue weighted by atomic mass is 9.85. The van der Waals surface area contributed by atoms with Crippen molar-refractivity contribution in [2.45, 2.75) is 45.1 Å². The zero-order valence-electron chi connectivity index (χ0n) is 11.9. The third kappa shape index (κ3) is 2.55. The number of benzene rings is 1. The molecule has 1 aliphatic rings. The average molecular weight is 271 g/mol. The van der Waals surface area contributed by atoms with E-state index < -0.39 is 0 Å². The van der Waals surface area contributed by atoms with Gasteiger partial charge in [0.15, 0.2) is 0 Å². The summed E-state index contributed by atoms with van der Waals surface area (Å²) < 4.78 is 6.22. The van der Waals surface area contributed by atoms with Gasteiger partial charge < -0.3 is 10.5 Å². The van der Waals surface area contributed by atoms with Gasteiger partial charge in [-0.2, -0.15) is 0 Å². The van der Waals surface area contributed by atoms with Crippen molar-refractivity contribution in [3.63, 3.8) is 0 Å². The summed E-state index contributed by atoms with van der Waals surface area (Å²) in [6, 6.07) is 5.67. The summed E-state index contributed by atoms with van der Waals surface area (Å²) in [6.07, 6.45) is 7.93. The van der Waals surface area contributed by atoms with Crippen LogP contribution in [0.25, 0.3) is 10.9 Å². The zero-order valence-corrected chi connectivity index (χ0v) is 11.9. The molecule has 2 atom stereocenters. The second-order valence-electron chi connectivity index (χ2n) is 5.56. The smallest absolute Gasteiger partial charge is 0.224 e. The number of rotatable bonds is 3. The molecule has 4 nitrogen and oxygen atoms in total. The maximum atomic E-state index is 6.22. The molecule has 0 amide bonds. The summed E-state index contributed by atoms with van der Waals surface area (Å²) in [4.78, 5) is 8.59. The van der Waals surface area contributed by atoms with E-state index in [1.807, 2.05) is 18.2 Å². The number of nitrogens with two attached hydrogens (primary N) is 1. The van der Waals surface area contributed by atoms with Gasteiger partial charge in [0, 0.05) is 5.69 Å². The van der Waals surface area contributed by atoms with Gasteiger partial charge in [0.1, 0.15) is 12.4 Å². The number of ether oxygens (including phenoxy) is 1. The summed E-state index contributed by atoms with van der Waals surface area (Å²) in [5.41, 5.74) is 7.47. The molecule has 2 unspecified atom stereocenters. The van der Waals surface area contributed by atoms with E-state index in [2.05, 4.69) is 16.9 Å². The summed E-state index contributed by atoms with van der Waals surface area (Å²) >= 11 is 0. The van der Waals surface area contributed by atoms with Crippen molar-refractivity contribution in [3.8, 4) is 5.88 Å². The molecule has 1 aliphatic carbocycles. The molecule has 4 heteroatoms. The van der Waals surface area contributed by atoms with Crippen LogP contribution in [-0.2, 0) is 0 Å². The first-order valence-electron chi connectivity index (χ1n) is 7.45. The molecule has 0 aliphatic heterocycles. The van der Waals surface area contributed by atoms with Gasteiger partial charge >= 0.3 is 0 Å². The van der Waals surface area contributed by atoms with Gasteiger partial charge in [-0.15, -0.1) is 0 Å². The van der Waals surface area contributed by atoms with Gasteiger partial charge in [-0.05, 0) is 49.8 Å². The number of hydrogen-bond donors (Lipinski definition) is 1. The minimum atomic E-state index is 0.272. The molecule has 0 bridgehead atoms. The van der Waals surface area contributed by atoms with Crippen LogP contribution in [-0.4, -0.2) is 16.1 Å². The van der Waals surface area contributed by atoms with Gasteiger partial charge in [0.2, 0.25) is 5.88 Å². The van der Waals surface area contributed by atoms with E-state index >= 15 is 0 Å². The van der Waals surface area contributed by atoms with Crippen LogP contribution in [0, 0.1) is 5.92 Å². The second kappa shape index (κ2) is 5.65.